The highest BCUT2D eigenvalue weighted by atomic mass is 31.2. The molecule has 0 aliphatic carbocycles. The third kappa shape index (κ3) is 33.3. The number of phosphoric ester groups is 1. The third-order valence-corrected chi connectivity index (χ3v) is 7.71. The van der Waals surface area contributed by atoms with Gasteiger partial charge in [0.05, 0.1) is 6.61 Å². The number of unbranched alkanes of at least 4 members (excludes halogenated alkanes) is 17. The molecule has 0 unspecified atom stereocenters. The van der Waals surface area contributed by atoms with Gasteiger partial charge in [-0.15, -0.1) is 0 Å². The highest BCUT2D eigenvalue weighted by Gasteiger charge is 2.22. The van der Waals surface area contributed by atoms with Crippen LogP contribution in [0.4, 0.5) is 0 Å². The fourth-order valence-corrected chi connectivity index (χ4v) is 4.98. The van der Waals surface area contributed by atoms with Crippen molar-refractivity contribution in [3.05, 3.63) is 24.3 Å². The SMILES string of the molecule is CCCC/C=C/C/C=C/CCCCCCCC(=O)OC[C@H](COP(=O)(O)O)OC(=O)CCCCCCCCCCCCC. The average Bonchev–Trinajstić information content (AvgIpc) is 2.97. The molecular weight excluding hydrogens is 567 g/mol. The van der Waals surface area contributed by atoms with Crippen LogP contribution in [0.2, 0.25) is 0 Å². The topological polar surface area (TPSA) is 119 Å². The number of phosphoric acid groups is 1. The van der Waals surface area contributed by atoms with Crippen LogP contribution in [0.3, 0.4) is 0 Å². The van der Waals surface area contributed by atoms with Gasteiger partial charge in [-0.1, -0.05) is 134 Å². The van der Waals surface area contributed by atoms with Gasteiger partial charge in [0.15, 0.2) is 6.10 Å². The Kier molecular flexibility index (Phi) is 29.5. The molecule has 0 rings (SSSR count). The Balaban J connectivity index is 4.02. The maximum atomic E-state index is 12.3. The molecule has 0 aromatic carbocycles. The third-order valence-electron chi connectivity index (χ3n) is 7.22. The molecule has 0 saturated heterocycles. The van der Waals surface area contributed by atoms with Crippen molar-refractivity contribution in [2.75, 3.05) is 13.2 Å². The molecular formula is C34H63O8P. The van der Waals surface area contributed by atoms with Crippen LogP contribution in [0.5, 0.6) is 0 Å². The van der Waals surface area contributed by atoms with Gasteiger partial charge in [0.2, 0.25) is 0 Å². The molecule has 252 valence electrons. The Morgan fingerprint density at radius 1 is 0.605 bits per heavy atom. The summed E-state index contributed by atoms with van der Waals surface area (Å²) in [5, 5.41) is 0. The van der Waals surface area contributed by atoms with E-state index < -0.39 is 32.5 Å². The summed E-state index contributed by atoms with van der Waals surface area (Å²) in [5.41, 5.74) is 0. The van der Waals surface area contributed by atoms with Gasteiger partial charge in [0.1, 0.15) is 6.61 Å². The molecule has 1 atom stereocenters. The van der Waals surface area contributed by atoms with E-state index in [1.807, 2.05) is 0 Å². The van der Waals surface area contributed by atoms with E-state index in [4.69, 9.17) is 19.3 Å². The van der Waals surface area contributed by atoms with E-state index in [-0.39, 0.29) is 19.4 Å². The normalized spacial score (nSPS) is 12.7. The van der Waals surface area contributed by atoms with Crippen molar-refractivity contribution >= 4 is 19.8 Å². The number of allylic oxidation sites excluding steroid dienone is 4. The first-order valence-corrected chi connectivity index (χ1v) is 18.7. The molecule has 2 N–H and O–H groups in total. The molecule has 0 spiro atoms. The van der Waals surface area contributed by atoms with Gasteiger partial charge in [-0.05, 0) is 38.5 Å². The largest absolute Gasteiger partial charge is 0.469 e. The van der Waals surface area contributed by atoms with E-state index in [0.717, 1.165) is 64.2 Å². The molecule has 0 saturated carbocycles. The van der Waals surface area contributed by atoms with Gasteiger partial charge < -0.3 is 19.3 Å². The maximum Gasteiger partial charge on any atom is 0.469 e. The van der Waals surface area contributed by atoms with Crippen molar-refractivity contribution in [1.82, 2.24) is 0 Å². The van der Waals surface area contributed by atoms with Crippen LogP contribution in [0.1, 0.15) is 162 Å². The Hall–Kier alpha value is -1.47. The number of carbonyl (C=O) groups excluding carboxylic acids is 2. The number of esters is 2. The maximum absolute atomic E-state index is 12.3. The summed E-state index contributed by atoms with van der Waals surface area (Å²) in [4.78, 5) is 42.5. The van der Waals surface area contributed by atoms with Crippen molar-refractivity contribution in [2.24, 2.45) is 0 Å². The molecule has 0 amide bonds. The van der Waals surface area contributed by atoms with Gasteiger partial charge in [-0.3, -0.25) is 14.1 Å². The quantitative estimate of drug-likeness (QED) is 0.0336. The molecule has 0 aromatic heterocycles. The van der Waals surface area contributed by atoms with E-state index in [0.29, 0.717) is 12.8 Å². The van der Waals surface area contributed by atoms with E-state index in [9.17, 15) is 14.2 Å². The lowest BCUT2D eigenvalue weighted by molar-refractivity contribution is -0.161. The summed E-state index contributed by atoms with van der Waals surface area (Å²) in [5.74, 6) is -0.901. The van der Waals surface area contributed by atoms with Gasteiger partial charge in [-0.2, -0.15) is 0 Å². The van der Waals surface area contributed by atoms with Crippen molar-refractivity contribution in [2.45, 2.75) is 168 Å². The summed E-state index contributed by atoms with van der Waals surface area (Å²) < 4.78 is 26.2. The summed E-state index contributed by atoms with van der Waals surface area (Å²) in [7, 11) is -4.74. The standard InChI is InChI=1S/C34H63O8P/c1-3-5-7-9-11-13-15-16-17-19-20-22-24-26-28-33(35)40-30-32(31-41-43(37,38)39)42-34(36)29-27-25-23-21-18-14-12-10-8-6-4-2/h9,11,15-16,32H,3-8,10,12-14,17-31H2,1-2H3,(H2,37,38,39)/b11-9+,16-15+/t32-/m1/s1. The minimum absolute atomic E-state index is 0.212. The first-order chi connectivity index (χ1) is 20.8. The number of ether oxygens (including phenoxy) is 2. The van der Waals surface area contributed by atoms with Crippen LogP contribution in [0.25, 0.3) is 0 Å². The molecule has 0 fully saturated rings. The van der Waals surface area contributed by atoms with Crippen molar-refractivity contribution in [3.8, 4) is 0 Å². The zero-order valence-electron chi connectivity index (χ0n) is 27.4. The molecule has 0 aliphatic heterocycles. The number of carbonyl (C=O) groups is 2. The summed E-state index contributed by atoms with van der Waals surface area (Å²) in [6.07, 6.45) is 31.8. The lowest BCUT2D eigenvalue weighted by Gasteiger charge is -2.18. The van der Waals surface area contributed by atoms with Crippen molar-refractivity contribution < 1.29 is 37.9 Å². The minimum Gasteiger partial charge on any atom is -0.462 e. The molecule has 0 bridgehead atoms. The molecule has 0 aliphatic rings. The zero-order valence-corrected chi connectivity index (χ0v) is 28.2. The van der Waals surface area contributed by atoms with Gasteiger partial charge >= 0.3 is 19.8 Å². The van der Waals surface area contributed by atoms with Crippen LogP contribution >= 0.6 is 7.82 Å². The summed E-state index contributed by atoms with van der Waals surface area (Å²) in [6.45, 7) is 3.60. The first-order valence-electron chi connectivity index (χ1n) is 17.1. The van der Waals surface area contributed by atoms with E-state index in [1.54, 1.807) is 0 Å². The predicted molar refractivity (Wildman–Crippen MR) is 175 cm³/mol. The van der Waals surface area contributed by atoms with Gasteiger partial charge in [-0.25, -0.2) is 4.57 Å². The monoisotopic (exact) mass is 630 g/mol. The van der Waals surface area contributed by atoms with Crippen molar-refractivity contribution in [1.29, 1.82) is 0 Å². The molecule has 43 heavy (non-hydrogen) atoms. The van der Waals surface area contributed by atoms with Crippen LogP contribution in [-0.4, -0.2) is 41.0 Å². The minimum atomic E-state index is -4.74. The molecule has 0 aromatic rings. The smallest absolute Gasteiger partial charge is 0.462 e. The van der Waals surface area contributed by atoms with Gasteiger partial charge in [0.25, 0.3) is 0 Å². The zero-order chi connectivity index (χ0) is 31.9. The average molecular weight is 631 g/mol. The Labute approximate surface area is 262 Å². The molecule has 0 radical (unpaired) electrons. The van der Waals surface area contributed by atoms with Crippen LogP contribution < -0.4 is 0 Å². The second-order valence-corrected chi connectivity index (χ2v) is 12.7. The van der Waals surface area contributed by atoms with Crippen LogP contribution in [0.15, 0.2) is 24.3 Å². The second-order valence-electron chi connectivity index (χ2n) is 11.5. The lowest BCUT2D eigenvalue weighted by atomic mass is 10.1. The van der Waals surface area contributed by atoms with E-state index >= 15 is 0 Å². The summed E-state index contributed by atoms with van der Waals surface area (Å²) >= 11 is 0. The first kappa shape index (κ1) is 41.5. The predicted octanol–water partition coefficient (Wildman–Crippen LogP) is 9.68. The summed E-state index contributed by atoms with van der Waals surface area (Å²) in [6, 6.07) is 0. The number of hydrogen-bond acceptors (Lipinski definition) is 6. The van der Waals surface area contributed by atoms with Gasteiger partial charge in [0, 0.05) is 12.8 Å². The van der Waals surface area contributed by atoms with Crippen LogP contribution in [-0.2, 0) is 28.2 Å². The lowest BCUT2D eigenvalue weighted by Crippen LogP contribution is -2.29. The molecule has 0 heterocycles. The second kappa shape index (κ2) is 30.6. The van der Waals surface area contributed by atoms with Crippen LogP contribution in [0, 0.1) is 0 Å². The van der Waals surface area contributed by atoms with E-state index in [2.05, 4.69) is 42.7 Å². The Bertz CT molecular complexity index is 761. The number of hydrogen-bond donors (Lipinski definition) is 2. The Morgan fingerprint density at radius 3 is 1.60 bits per heavy atom. The van der Waals surface area contributed by atoms with Crippen molar-refractivity contribution in [3.63, 3.8) is 0 Å². The highest BCUT2D eigenvalue weighted by Crippen LogP contribution is 2.35. The fraction of sp³-hybridized carbons (Fsp3) is 0.824. The highest BCUT2D eigenvalue weighted by molar-refractivity contribution is 7.46. The number of rotatable bonds is 31. The van der Waals surface area contributed by atoms with E-state index in [1.165, 1.54) is 57.8 Å². The molecule has 8 nitrogen and oxygen atoms in total. The molecule has 9 heteroatoms. The Morgan fingerprint density at radius 2 is 1.07 bits per heavy atom. The fourth-order valence-electron chi connectivity index (χ4n) is 4.62.